The molecule has 3 nitrogen and oxygen atoms in total. The van der Waals surface area contributed by atoms with Gasteiger partial charge in [0, 0.05) is 20.5 Å². The van der Waals surface area contributed by atoms with Crippen molar-refractivity contribution in [2.24, 2.45) is 0 Å². The number of carbonyl (C=O) groups excluding carboxylic acids is 1. The molecule has 92 valence electrons. The summed E-state index contributed by atoms with van der Waals surface area (Å²) < 4.78 is 1.10. The molecule has 0 aliphatic rings. The number of hydrogen-bond acceptors (Lipinski definition) is 2. The number of halogens is 1. The van der Waals surface area contributed by atoms with E-state index in [4.69, 9.17) is 5.73 Å². The minimum absolute atomic E-state index is 0.115. The van der Waals surface area contributed by atoms with Gasteiger partial charge < -0.3 is 11.1 Å². The number of nitrogen functional groups attached to an aromatic ring is 1. The molecule has 2 rings (SSSR count). The average molecular weight is 352 g/mol. The van der Waals surface area contributed by atoms with Crippen LogP contribution in [0.3, 0.4) is 0 Å². The van der Waals surface area contributed by atoms with Gasteiger partial charge >= 0.3 is 0 Å². The molecule has 0 fully saturated rings. The lowest BCUT2D eigenvalue weighted by molar-refractivity contribution is 0.102. The highest BCUT2D eigenvalue weighted by Crippen LogP contribution is 2.17. The predicted octanol–water partition coefficient (Wildman–Crippen LogP) is 3.43. The first-order chi connectivity index (χ1) is 8.56. The molecule has 0 saturated heterocycles. The second-order valence-electron chi connectivity index (χ2n) is 4.03. The fourth-order valence-electron chi connectivity index (χ4n) is 1.56. The first-order valence-electron chi connectivity index (χ1n) is 5.49. The van der Waals surface area contributed by atoms with Crippen LogP contribution in [0.2, 0.25) is 0 Å². The number of benzene rings is 2. The maximum Gasteiger partial charge on any atom is 0.255 e. The molecule has 18 heavy (non-hydrogen) atoms. The van der Waals surface area contributed by atoms with Gasteiger partial charge in [-0.2, -0.15) is 0 Å². The number of rotatable bonds is 2. The summed E-state index contributed by atoms with van der Waals surface area (Å²) in [5.74, 6) is -0.115. The third kappa shape index (κ3) is 3.01. The van der Waals surface area contributed by atoms with Crippen molar-refractivity contribution in [1.82, 2.24) is 0 Å². The van der Waals surface area contributed by atoms with E-state index in [1.807, 2.05) is 25.1 Å². The van der Waals surface area contributed by atoms with Crippen molar-refractivity contribution in [3.05, 3.63) is 57.2 Å². The summed E-state index contributed by atoms with van der Waals surface area (Å²) in [5, 5.41) is 2.85. The third-order valence-electron chi connectivity index (χ3n) is 2.63. The van der Waals surface area contributed by atoms with E-state index in [2.05, 4.69) is 27.9 Å². The molecule has 0 atom stereocenters. The van der Waals surface area contributed by atoms with Crippen LogP contribution in [0.4, 0.5) is 11.4 Å². The molecule has 0 saturated carbocycles. The Bertz CT molecular complexity index is 579. The van der Waals surface area contributed by atoms with Gasteiger partial charge in [0.1, 0.15) is 0 Å². The highest BCUT2D eigenvalue weighted by atomic mass is 127. The molecule has 3 N–H and O–H groups in total. The maximum atomic E-state index is 12.0. The van der Waals surface area contributed by atoms with Crippen molar-refractivity contribution in [1.29, 1.82) is 0 Å². The van der Waals surface area contributed by atoms with Crippen LogP contribution in [0.15, 0.2) is 42.5 Å². The van der Waals surface area contributed by atoms with Gasteiger partial charge in [0.2, 0.25) is 0 Å². The van der Waals surface area contributed by atoms with E-state index in [9.17, 15) is 4.79 Å². The monoisotopic (exact) mass is 352 g/mol. The van der Waals surface area contributed by atoms with Crippen molar-refractivity contribution in [2.75, 3.05) is 11.1 Å². The molecular weight excluding hydrogens is 339 g/mol. The van der Waals surface area contributed by atoms with Crippen LogP contribution in [0.1, 0.15) is 15.9 Å². The molecule has 0 bridgehead atoms. The van der Waals surface area contributed by atoms with E-state index in [-0.39, 0.29) is 5.91 Å². The van der Waals surface area contributed by atoms with Crippen molar-refractivity contribution < 1.29 is 4.79 Å². The summed E-state index contributed by atoms with van der Waals surface area (Å²) in [4.78, 5) is 12.0. The summed E-state index contributed by atoms with van der Waals surface area (Å²) in [7, 11) is 0. The Morgan fingerprint density at radius 3 is 2.44 bits per heavy atom. The van der Waals surface area contributed by atoms with E-state index < -0.39 is 0 Å². The van der Waals surface area contributed by atoms with Gasteiger partial charge in [-0.25, -0.2) is 0 Å². The molecule has 0 unspecified atom stereocenters. The molecule has 0 aromatic heterocycles. The minimum Gasteiger partial charge on any atom is -0.399 e. The second kappa shape index (κ2) is 5.39. The van der Waals surface area contributed by atoms with E-state index >= 15 is 0 Å². The number of nitrogens with two attached hydrogens (primary N) is 1. The predicted molar refractivity (Wildman–Crippen MR) is 82.7 cm³/mol. The Balaban J connectivity index is 2.16. The highest BCUT2D eigenvalue weighted by molar-refractivity contribution is 14.1. The van der Waals surface area contributed by atoms with E-state index in [1.54, 1.807) is 24.3 Å². The number of aryl methyl sites for hydroxylation is 1. The Labute approximate surface area is 120 Å². The van der Waals surface area contributed by atoms with E-state index in [0.29, 0.717) is 5.56 Å². The average Bonchev–Trinajstić information content (AvgIpc) is 2.34. The first kappa shape index (κ1) is 12.9. The Kier molecular flexibility index (Phi) is 3.86. The Morgan fingerprint density at radius 1 is 1.17 bits per heavy atom. The molecule has 0 aliphatic carbocycles. The smallest absolute Gasteiger partial charge is 0.255 e. The Morgan fingerprint density at radius 2 is 1.83 bits per heavy atom. The van der Waals surface area contributed by atoms with Gasteiger partial charge in [0.05, 0.1) is 0 Å². The highest BCUT2D eigenvalue weighted by Gasteiger charge is 2.06. The van der Waals surface area contributed by atoms with Crippen LogP contribution in [-0.2, 0) is 0 Å². The van der Waals surface area contributed by atoms with Crippen LogP contribution in [0, 0.1) is 10.5 Å². The van der Waals surface area contributed by atoms with Crippen molar-refractivity contribution in [3.63, 3.8) is 0 Å². The SMILES string of the molecule is Cc1cc(NC(=O)c2ccc(I)cc2)ccc1N. The van der Waals surface area contributed by atoms with Crippen molar-refractivity contribution in [2.45, 2.75) is 6.92 Å². The van der Waals surface area contributed by atoms with Gasteiger partial charge in [0.25, 0.3) is 5.91 Å². The molecule has 2 aromatic rings. The summed E-state index contributed by atoms with van der Waals surface area (Å²) in [6.07, 6.45) is 0. The summed E-state index contributed by atoms with van der Waals surface area (Å²) in [6.45, 7) is 1.91. The summed E-state index contributed by atoms with van der Waals surface area (Å²) in [5.41, 5.74) is 8.81. The zero-order valence-corrected chi connectivity index (χ0v) is 12.1. The zero-order valence-electron chi connectivity index (χ0n) is 9.91. The van der Waals surface area contributed by atoms with Crippen molar-refractivity contribution in [3.8, 4) is 0 Å². The molecule has 0 aliphatic heterocycles. The molecule has 2 aromatic carbocycles. The van der Waals surface area contributed by atoms with Gasteiger partial charge in [-0.1, -0.05) is 0 Å². The minimum atomic E-state index is -0.115. The van der Waals surface area contributed by atoms with Crippen molar-refractivity contribution >= 4 is 39.9 Å². The molecule has 0 radical (unpaired) electrons. The number of nitrogens with one attached hydrogen (secondary N) is 1. The standard InChI is InChI=1S/C14H13IN2O/c1-9-8-12(6-7-13(9)16)17-14(18)10-2-4-11(15)5-3-10/h2-8H,16H2,1H3,(H,17,18). The van der Waals surface area contributed by atoms with Gasteiger partial charge in [-0.15, -0.1) is 0 Å². The maximum absolute atomic E-state index is 12.0. The van der Waals surface area contributed by atoms with Crippen LogP contribution in [0.5, 0.6) is 0 Å². The number of amides is 1. The Hall–Kier alpha value is -1.56. The summed E-state index contributed by atoms with van der Waals surface area (Å²) >= 11 is 2.21. The lowest BCUT2D eigenvalue weighted by atomic mass is 10.1. The molecule has 0 spiro atoms. The fraction of sp³-hybridized carbons (Fsp3) is 0.0714. The topological polar surface area (TPSA) is 55.1 Å². The molecule has 0 heterocycles. The fourth-order valence-corrected chi connectivity index (χ4v) is 1.92. The number of carbonyl (C=O) groups is 1. The first-order valence-corrected chi connectivity index (χ1v) is 6.57. The summed E-state index contributed by atoms with van der Waals surface area (Å²) in [6, 6.07) is 12.9. The third-order valence-corrected chi connectivity index (χ3v) is 3.35. The van der Waals surface area contributed by atoms with Crippen LogP contribution < -0.4 is 11.1 Å². The van der Waals surface area contributed by atoms with E-state index in [0.717, 1.165) is 20.5 Å². The van der Waals surface area contributed by atoms with Gasteiger partial charge in [-0.05, 0) is 77.5 Å². The number of anilines is 2. The van der Waals surface area contributed by atoms with Crippen LogP contribution in [-0.4, -0.2) is 5.91 Å². The zero-order chi connectivity index (χ0) is 13.1. The lowest BCUT2D eigenvalue weighted by Crippen LogP contribution is -2.12. The van der Waals surface area contributed by atoms with E-state index in [1.165, 1.54) is 0 Å². The second-order valence-corrected chi connectivity index (χ2v) is 5.28. The molecule has 1 amide bonds. The lowest BCUT2D eigenvalue weighted by Gasteiger charge is -2.07. The van der Waals surface area contributed by atoms with Crippen LogP contribution in [0.25, 0.3) is 0 Å². The molecular formula is C14H13IN2O. The van der Waals surface area contributed by atoms with Gasteiger partial charge in [0.15, 0.2) is 0 Å². The largest absolute Gasteiger partial charge is 0.399 e. The number of hydrogen-bond donors (Lipinski definition) is 2. The van der Waals surface area contributed by atoms with Gasteiger partial charge in [-0.3, -0.25) is 4.79 Å². The normalized spacial score (nSPS) is 10.1. The quantitative estimate of drug-likeness (QED) is 0.643. The van der Waals surface area contributed by atoms with Crippen LogP contribution >= 0.6 is 22.6 Å². The molecule has 4 heteroatoms.